The van der Waals surface area contributed by atoms with Gasteiger partial charge in [0.05, 0.1) is 17.2 Å². The van der Waals surface area contributed by atoms with Gasteiger partial charge in [-0.1, -0.05) is 0 Å². The lowest BCUT2D eigenvalue weighted by Crippen LogP contribution is -2.34. The second kappa shape index (κ2) is 7.09. The Balaban J connectivity index is 1.59. The highest BCUT2D eigenvalue weighted by molar-refractivity contribution is 7.80. The Morgan fingerprint density at radius 3 is 2.88 bits per heavy atom. The second-order valence-electron chi connectivity index (χ2n) is 5.24. The lowest BCUT2D eigenvalue weighted by Gasteiger charge is -2.12. The zero-order chi connectivity index (χ0) is 17.8. The zero-order valence-electron chi connectivity index (χ0n) is 13.0. The summed E-state index contributed by atoms with van der Waals surface area (Å²) in [6.07, 6.45) is 3.28. The maximum atomic E-state index is 10.8. The summed E-state index contributed by atoms with van der Waals surface area (Å²) in [4.78, 5) is 21.8. The SMILES string of the molecule is Nc1ccc([N+](=O)[O-])cc1CNC(=S)NCc1ncnc2[nH]ccc12. The van der Waals surface area contributed by atoms with Crippen molar-refractivity contribution in [3.8, 4) is 0 Å². The molecule has 2 aromatic heterocycles. The number of hydrogen-bond acceptors (Lipinski definition) is 6. The van der Waals surface area contributed by atoms with Gasteiger partial charge in [-0.25, -0.2) is 9.97 Å². The van der Waals surface area contributed by atoms with Gasteiger partial charge in [0.1, 0.15) is 12.0 Å². The van der Waals surface area contributed by atoms with E-state index < -0.39 is 4.92 Å². The summed E-state index contributed by atoms with van der Waals surface area (Å²) in [7, 11) is 0. The third kappa shape index (κ3) is 3.80. The van der Waals surface area contributed by atoms with Crippen LogP contribution in [-0.4, -0.2) is 25.0 Å². The van der Waals surface area contributed by atoms with Crippen LogP contribution < -0.4 is 16.4 Å². The molecule has 1 aromatic carbocycles. The summed E-state index contributed by atoms with van der Waals surface area (Å²) in [5.41, 5.74) is 8.47. The van der Waals surface area contributed by atoms with Crippen molar-refractivity contribution in [3.63, 3.8) is 0 Å². The van der Waals surface area contributed by atoms with Crippen molar-refractivity contribution in [1.82, 2.24) is 25.6 Å². The molecule has 9 nitrogen and oxygen atoms in total. The number of nitrogens with two attached hydrogens (primary N) is 1. The van der Waals surface area contributed by atoms with Crippen LogP contribution in [0.1, 0.15) is 11.3 Å². The van der Waals surface area contributed by atoms with Gasteiger partial charge in [0.25, 0.3) is 5.69 Å². The van der Waals surface area contributed by atoms with Gasteiger partial charge in [0.15, 0.2) is 5.11 Å². The van der Waals surface area contributed by atoms with E-state index in [0.717, 1.165) is 16.7 Å². The zero-order valence-corrected chi connectivity index (χ0v) is 13.8. The quantitative estimate of drug-likeness (QED) is 0.234. The molecule has 0 spiro atoms. The summed E-state index contributed by atoms with van der Waals surface area (Å²) in [5.74, 6) is 0. The van der Waals surface area contributed by atoms with E-state index in [9.17, 15) is 10.1 Å². The van der Waals surface area contributed by atoms with Gasteiger partial charge in [-0.15, -0.1) is 0 Å². The number of thiocarbonyl (C=S) groups is 1. The number of nitrogens with one attached hydrogen (secondary N) is 3. The van der Waals surface area contributed by atoms with Crippen LogP contribution in [-0.2, 0) is 13.1 Å². The Morgan fingerprint density at radius 1 is 1.28 bits per heavy atom. The van der Waals surface area contributed by atoms with E-state index in [1.165, 1.54) is 24.5 Å². The number of H-pyrrole nitrogens is 1. The number of benzene rings is 1. The summed E-state index contributed by atoms with van der Waals surface area (Å²) < 4.78 is 0. The van der Waals surface area contributed by atoms with E-state index in [4.69, 9.17) is 18.0 Å². The topological polar surface area (TPSA) is 135 Å². The smallest absolute Gasteiger partial charge is 0.269 e. The van der Waals surface area contributed by atoms with Crippen LogP contribution in [0, 0.1) is 10.1 Å². The normalized spacial score (nSPS) is 10.6. The fourth-order valence-corrected chi connectivity index (χ4v) is 2.47. The van der Waals surface area contributed by atoms with Gasteiger partial charge < -0.3 is 21.4 Å². The second-order valence-corrected chi connectivity index (χ2v) is 5.65. The summed E-state index contributed by atoms with van der Waals surface area (Å²) in [6.45, 7) is 0.704. The lowest BCUT2D eigenvalue weighted by atomic mass is 10.1. The predicted octanol–water partition coefficient (Wildman–Crippen LogP) is 1.61. The molecule has 2 heterocycles. The van der Waals surface area contributed by atoms with E-state index in [2.05, 4.69) is 25.6 Å². The number of hydrogen-bond donors (Lipinski definition) is 4. The van der Waals surface area contributed by atoms with Crippen molar-refractivity contribution in [3.05, 3.63) is 58.2 Å². The molecule has 0 radical (unpaired) electrons. The number of nitro groups is 1. The lowest BCUT2D eigenvalue weighted by molar-refractivity contribution is -0.384. The van der Waals surface area contributed by atoms with Gasteiger partial charge >= 0.3 is 0 Å². The van der Waals surface area contributed by atoms with E-state index >= 15 is 0 Å². The molecule has 128 valence electrons. The first kappa shape index (κ1) is 16.6. The fourth-order valence-electron chi connectivity index (χ4n) is 2.33. The molecule has 25 heavy (non-hydrogen) atoms. The Hall–Kier alpha value is -3.27. The van der Waals surface area contributed by atoms with E-state index in [-0.39, 0.29) is 12.2 Å². The van der Waals surface area contributed by atoms with Crippen LogP contribution in [0.15, 0.2) is 36.8 Å². The standard InChI is InChI=1S/C15H15N7O2S/c16-12-2-1-10(22(23)24)5-9(12)6-18-15(25)19-7-13-11-3-4-17-14(11)21-8-20-13/h1-5,8H,6-7,16H2,(H,17,20,21)(H2,18,19,25). The molecule has 5 N–H and O–H groups in total. The highest BCUT2D eigenvalue weighted by Crippen LogP contribution is 2.19. The molecule has 0 bridgehead atoms. The summed E-state index contributed by atoms with van der Waals surface area (Å²) in [6, 6.07) is 6.20. The van der Waals surface area contributed by atoms with Crippen LogP contribution in [0.2, 0.25) is 0 Å². The largest absolute Gasteiger partial charge is 0.398 e. The number of non-ortho nitro benzene ring substituents is 1. The fraction of sp³-hybridized carbons (Fsp3) is 0.133. The highest BCUT2D eigenvalue weighted by Gasteiger charge is 2.10. The molecule has 0 fully saturated rings. The van der Waals surface area contributed by atoms with Crippen molar-refractivity contribution in [2.45, 2.75) is 13.1 Å². The van der Waals surface area contributed by atoms with Crippen LogP contribution in [0.3, 0.4) is 0 Å². The van der Waals surface area contributed by atoms with E-state index in [0.29, 0.717) is 22.9 Å². The molecule has 10 heteroatoms. The Morgan fingerprint density at radius 2 is 2.08 bits per heavy atom. The number of nitrogens with zero attached hydrogens (tertiary/aromatic N) is 3. The van der Waals surface area contributed by atoms with Crippen LogP contribution >= 0.6 is 12.2 Å². The van der Waals surface area contributed by atoms with Gasteiger partial charge in [0, 0.05) is 41.5 Å². The maximum absolute atomic E-state index is 10.8. The van der Waals surface area contributed by atoms with Crippen molar-refractivity contribution in [2.75, 3.05) is 5.73 Å². The molecule has 0 aliphatic heterocycles. The first-order valence-electron chi connectivity index (χ1n) is 7.36. The predicted molar refractivity (Wildman–Crippen MR) is 97.7 cm³/mol. The van der Waals surface area contributed by atoms with Gasteiger partial charge in [-0.2, -0.15) is 0 Å². The average Bonchev–Trinajstić information content (AvgIpc) is 3.08. The molecule has 0 saturated heterocycles. The minimum absolute atomic E-state index is 0.0132. The molecule has 0 unspecified atom stereocenters. The Kier molecular flexibility index (Phi) is 4.70. The average molecular weight is 357 g/mol. The minimum atomic E-state index is -0.462. The number of aromatic nitrogens is 3. The van der Waals surface area contributed by atoms with Crippen LogP contribution in [0.4, 0.5) is 11.4 Å². The van der Waals surface area contributed by atoms with Gasteiger partial charge in [-0.05, 0) is 24.4 Å². The number of aromatic amines is 1. The molecule has 0 saturated carbocycles. The van der Waals surface area contributed by atoms with Crippen molar-refractivity contribution in [2.24, 2.45) is 0 Å². The molecule has 0 aliphatic carbocycles. The molecular formula is C15H15N7O2S. The molecule has 3 rings (SSSR count). The summed E-state index contributed by atoms with van der Waals surface area (Å²) in [5, 5.41) is 18.2. The highest BCUT2D eigenvalue weighted by atomic mass is 32.1. The molecule has 0 amide bonds. The van der Waals surface area contributed by atoms with Gasteiger partial charge in [-0.3, -0.25) is 10.1 Å². The number of nitrogen functional groups attached to an aromatic ring is 1. The third-order valence-corrected chi connectivity index (χ3v) is 3.92. The Labute approximate surface area is 147 Å². The molecule has 0 aliphatic rings. The number of rotatable bonds is 5. The number of anilines is 1. The minimum Gasteiger partial charge on any atom is -0.398 e. The van der Waals surface area contributed by atoms with E-state index in [1.54, 1.807) is 6.20 Å². The maximum Gasteiger partial charge on any atom is 0.269 e. The van der Waals surface area contributed by atoms with Crippen LogP contribution in [0.5, 0.6) is 0 Å². The molecule has 3 aromatic rings. The van der Waals surface area contributed by atoms with Crippen molar-refractivity contribution < 1.29 is 4.92 Å². The van der Waals surface area contributed by atoms with Crippen molar-refractivity contribution in [1.29, 1.82) is 0 Å². The monoisotopic (exact) mass is 357 g/mol. The summed E-state index contributed by atoms with van der Waals surface area (Å²) >= 11 is 5.23. The first-order chi connectivity index (χ1) is 12.0. The van der Waals surface area contributed by atoms with Crippen molar-refractivity contribution >= 4 is 39.7 Å². The third-order valence-electron chi connectivity index (χ3n) is 3.63. The first-order valence-corrected chi connectivity index (χ1v) is 7.77. The molecular weight excluding hydrogens is 342 g/mol. The molecule has 0 atom stereocenters. The van der Waals surface area contributed by atoms with Gasteiger partial charge in [0.2, 0.25) is 0 Å². The van der Waals surface area contributed by atoms with E-state index in [1.807, 2.05) is 6.07 Å². The Bertz CT molecular complexity index is 941. The number of nitro benzene ring substituents is 1. The number of fused-ring (bicyclic) bond motifs is 1. The van der Waals surface area contributed by atoms with Crippen LogP contribution in [0.25, 0.3) is 11.0 Å².